The van der Waals surface area contributed by atoms with Gasteiger partial charge in [-0.2, -0.15) is 0 Å². The molecule has 2 rings (SSSR count). The zero-order valence-electron chi connectivity index (χ0n) is 5.38. The second kappa shape index (κ2) is 2.36. The Hall–Kier alpha value is -0.340. The Morgan fingerprint density at radius 3 is 2.70 bits per heavy atom. The average Bonchev–Trinajstić information content (AvgIpc) is 2.71. The van der Waals surface area contributed by atoms with E-state index in [0.717, 1.165) is 11.1 Å². The number of halogens is 1. The van der Waals surface area contributed by atoms with Crippen LogP contribution in [-0.4, -0.2) is 6.61 Å². The lowest BCUT2D eigenvalue weighted by molar-refractivity contribution is 0.415. The summed E-state index contributed by atoms with van der Waals surface area (Å²) in [5.74, 6) is 0. The molecule has 0 amide bonds. The molecule has 1 aromatic rings. The van der Waals surface area contributed by atoms with Gasteiger partial charge in [0.2, 0.25) is 0 Å². The van der Waals surface area contributed by atoms with Crippen LogP contribution in [0.5, 0.6) is 0 Å². The topological polar surface area (TPSA) is 12.5 Å². The van der Waals surface area contributed by atoms with Crippen LogP contribution in [0.4, 0.5) is 0 Å². The molecule has 1 atom stereocenters. The highest BCUT2D eigenvalue weighted by molar-refractivity contribution is 9.10. The summed E-state index contributed by atoms with van der Waals surface area (Å²) in [5.41, 5.74) is 1.27. The monoisotopic (exact) mass is 198 g/mol. The van der Waals surface area contributed by atoms with Gasteiger partial charge in [0, 0.05) is 4.47 Å². The van der Waals surface area contributed by atoms with Crippen LogP contribution in [0.25, 0.3) is 0 Å². The van der Waals surface area contributed by atoms with Gasteiger partial charge < -0.3 is 4.74 Å². The van der Waals surface area contributed by atoms with E-state index in [2.05, 4.69) is 22.0 Å². The van der Waals surface area contributed by atoms with Crippen molar-refractivity contribution in [2.75, 3.05) is 6.61 Å². The van der Waals surface area contributed by atoms with Gasteiger partial charge in [0.25, 0.3) is 0 Å². The largest absolute Gasteiger partial charge is 0.368 e. The van der Waals surface area contributed by atoms with Crippen molar-refractivity contribution in [1.82, 2.24) is 0 Å². The maximum Gasteiger partial charge on any atom is 0.107 e. The summed E-state index contributed by atoms with van der Waals surface area (Å²) in [7, 11) is 0. The van der Waals surface area contributed by atoms with Crippen LogP contribution < -0.4 is 0 Å². The number of rotatable bonds is 1. The number of hydrogen-bond donors (Lipinski definition) is 0. The fourth-order valence-corrected chi connectivity index (χ4v) is 1.50. The molecule has 10 heavy (non-hydrogen) atoms. The SMILES string of the molecule is Brc1ccccc1[C@@H]1CO1. The summed E-state index contributed by atoms with van der Waals surface area (Å²) in [6, 6.07) is 8.16. The van der Waals surface area contributed by atoms with Crippen LogP contribution in [0.2, 0.25) is 0 Å². The molecule has 0 aliphatic carbocycles. The van der Waals surface area contributed by atoms with Gasteiger partial charge in [0.15, 0.2) is 0 Å². The summed E-state index contributed by atoms with van der Waals surface area (Å²) < 4.78 is 6.30. The summed E-state index contributed by atoms with van der Waals surface area (Å²) in [4.78, 5) is 0. The number of epoxide rings is 1. The molecular formula is C8H7BrO. The summed E-state index contributed by atoms with van der Waals surface area (Å²) in [5, 5.41) is 0. The molecule has 0 spiro atoms. The molecule has 1 nitrogen and oxygen atoms in total. The maximum atomic E-state index is 5.15. The Labute approximate surface area is 68.1 Å². The third kappa shape index (κ3) is 1.09. The summed E-state index contributed by atoms with van der Waals surface area (Å²) in [6.45, 7) is 0.878. The fourth-order valence-electron chi connectivity index (χ4n) is 0.964. The van der Waals surface area contributed by atoms with Gasteiger partial charge in [-0.3, -0.25) is 0 Å². The molecule has 0 unspecified atom stereocenters. The second-order valence-electron chi connectivity index (χ2n) is 2.34. The second-order valence-corrected chi connectivity index (χ2v) is 3.20. The molecule has 52 valence electrons. The van der Waals surface area contributed by atoms with Gasteiger partial charge in [-0.25, -0.2) is 0 Å². The predicted molar refractivity (Wildman–Crippen MR) is 42.8 cm³/mol. The minimum atomic E-state index is 0.357. The van der Waals surface area contributed by atoms with Gasteiger partial charge in [0.1, 0.15) is 6.10 Å². The van der Waals surface area contributed by atoms with Crippen molar-refractivity contribution in [3.05, 3.63) is 34.3 Å². The minimum absolute atomic E-state index is 0.357. The van der Waals surface area contributed by atoms with Crippen LogP contribution in [0.3, 0.4) is 0 Å². The third-order valence-electron chi connectivity index (χ3n) is 1.59. The van der Waals surface area contributed by atoms with Crippen LogP contribution in [0.1, 0.15) is 11.7 Å². The summed E-state index contributed by atoms with van der Waals surface area (Å²) >= 11 is 3.46. The lowest BCUT2D eigenvalue weighted by Gasteiger charge is -1.96. The van der Waals surface area contributed by atoms with Gasteiger partial charge >= 0.3 is 0 Å². The van der Waals surface area contributed by atoms with Gasteiger partial charge in [-0.15, -0.1) is 0 Å². The highest BCUT2D eigenvalue weighted by Crippen LogP contribution is 2.34. The third-order valence-corrected chi connectivity index (χ3v) is 2.31. The molecule has 1 aliphatic rings. The number of ether oxygens (including phenoxy) is 1. The van der Waals surface area contributed by atoms with Crippen LogP contribution in [-0.2, 0) is 4.74 Å². The first-order valence-electron chi connectivity index (χ1n) is 3.24. The van der Waals surface area contributed by atoms with E-state index in [4.69, 9.17) is 4.74 Å². The smallest absolute Gasteiger partial charge is 0.107 e. The zero-order chi connectivity index (χ0) is 6.97. The molecule has 1 heterocycles. The van der Waals surface area contributed by atoms with E-state index in [1.165, 1.54) is 5.56 Å². The lowest BCUT2D eigenvalue weighted by Crippen LogP contribution is -1.80. The van der Waals surface area contributed by atoms with E-state index >= 15 is 0 Å². The lowest BCUT2D eigenvalue weighted by atomic mass is 10.2. The maximum absolute atomic E-state index is 5.15. The Bertz CT molecular complexity index is 243. The van der Waals surface area contributed by atoms with Crippen molar-refractivity contribution >= 4 is 15.9 Å². The van der Waals surface area contributed by atoms with Gasteiger partial charge in [-0.1, -0.05) is 34.1 Å². The molecule has 0 aromatic heterocycles. The van der Waals surface area contributed by atoms with Crippen molar-refractivity contribution in [2.24, 2.45) is 0 Å². The number of hydrogen-bond acceptors (Lipinski definition) is 1. The molecule has 0 bridgehead atoms. The van der Waals surface area contributed by atoms with Gasteiger partial charge in [0.05, 0.1) is 6.61 Å². The van der Waals surface area contributed by atoms with E-state index in [9.17, 15) is 0 Å². The Morgan fingerprint density at radius 1 is 1.40 bits per heavy atom. The Balaban J connectivity index is 2.39. The van der Waals surface area contributed by atoms with E-state index in [1.54, 1.807) is 0 Å². The fraction of sp³-hybridized carbons (Fsp3) is 0.250. The molecule has 1 fully saturated rings. The van der Waals surface area contributed by atoms with Crippen molar-refractivity contribution in [2.45, 2.75) is 6.10 Å². The molecule has 0 N–H and O–H groups in total. The first-order chi connectivity index (χ1) is 4.88. The molecule has 0 radical (unpaired) electrons. The zero-order valence-corrected chi connectivity index (χ0v) is 6.97. The molecular weight excluding hydrogens is 192 g/mol. The predicted octanol–water partition coefficient (Wildman–Crippen LogP) is 2.52. The van der Waals surface area contributed by atoms with Crippen LogP contribution in [0.15, 0.2) is 28.7 Å². The van der Waals surface area contributed by atoms with Crippen molar-refractivity contribution in [3.63, 3.8) is 0 Å². The molecule has 1 aromatic carbocycles. The standard InChI is InChI=1S/C8H7BrO/c9-7-4-2-1-3-6(7)8-5-10-8/h1-4,8H,5H2/t8-/m0/s1. The van der Waals surface area contributed by atoms with Gasteiger partial charge in [-0.05, 0) is 11.6 Å². The molecule has 1 aliphatic heterocycles. The molecule has 2 heteroatoms. The van der Waals surface area contributed by atoms with Crippen LogP contribution in [0, 0.1) is 0 Å². The highest BCUT2D eigenvalue weighted by Gasteiger charge is 2.26. The number of benzene rings is 1. The Kier molecular flexibility index (Phi) is 1.51. The molecule has 0 saturated carbocycles. The Morgan fingerprint density at radius 2 is 2.10 bits per heavy atom. The van der Waals surface area contributed by atoms with Crippen molar-refractivity contribution in [1.29, 1.82) is 0 Å². The van der Waals surface area contributed by atoms with Crippen LogP contribution >= 0.6 is 15.9 Å². The highest BCUT2D eigenvalue weighted by atomic mass is 79.9. The van der Waals surface area contributed by atoms with Crippen molar-refractivity contribution < 1.29 is 4.74 Å². The van der Waals surface area contributed by atoms with Crippen molar-refractivity contribution in [3.8, 4) is 0 Å². The first-order valence-corrected chi connectivity index (χ1v) is 4.03. The molecule has 1 saturated heterocycles. The van der Waals surface area contributed by atoms with E-state index in [1.807, 2.05) is 18.2 Å². The minimum Gasteiger partial charge on any atom is -0.368 e. The first kappa shape index (κ1) is 6.38. The normalized spacial score (nSPS) is 22.7. The van der Waals surface area contributed by atoms with E-state index < -0.39 is 0 Å². The quantitative estimate of drug-likeness (QED) is 0.633. The van der Waals surface area contributed by atoms with E-state index in [-0.39, 0.29) is 0 Å². The summed E-state index contributed by atoms with van der Waals surface area (Å²) in [6.07, 6.45) is 0.357. The average molecular weight is 199 g/mol. The van der Waals surface area contributed by atoms with E-state index in [0.29, 0.717) is 6.10 Å².